The molecule has 3 saturated carbocycles. The van der Waals surface area contributed by atoms with Gasteiger partial charge in [-0.1, -0.05) is 13.8 Å². The lowest BCUT2D eigenvalue weighted by molar-refractivity contribution is -0.328. The molecule has 5 aliphatic rings. The summed E-state index contributed by atoms with van der Waals surface area (Å²) in [5.41, 5.74) is -5.20. The zero-order valence-corrected chi connectivity index (χ0v) is 27.0. The van der Waals surface area contributed by atoms with Crippen LogP contribution in [-0.4, -0.2) is 124 Å². The predicted molar refractivity (Wildman–Crippen MR) is 159 cm³/mol. The average molecular weight is 643 g/mol. The van der Waals surface area contributed by atoms with Crippen molar-refractivity contribution in [3.05, 3.63) is 11.6 Å². The molecule has 0 aromatic heterocycles. The first-order valence-corrected chi connectivity index (χ1v) is 16.5. The summed E-state index contributed by atoms with van der Waals surface area (Å²) in [6, 6.07) is 0. The fourth-order valence-corrected chi connectivity index (χ4v) is 9.86. The molecule has 0 aromatic rings. The third kappa shape index (κ3) is 5.65. The highest BCUT2D eigenvalue weighted by atomic mass is 16.7. The van der Waals surface area contributed by atoms with Gasteiger partial charge in [-0.15, -0.1) is 0 Å². The number of fused-ring (bicyclic) bond motifs is 5. The number of allylic oxidation sites excluding steroid dienone is 1. The highest BCUT2D eigenvalue weighted by Crippen LogP contribution is 2.68. The van der Waals surface area contributed by atoms with E-state index in [1.54, 1.807) is 26.8 Å². The number of hydrogen-bond acceptors (Lipinski definition) is 12. The van der Waals surface area contributed by atoms with Crippen LogP contribution in [0, 0.1) is 28.6 Å². The zero-order valence-electron chi connectivity index (χ0n) is 27.0. The maximum absolute atomic E-state index is 13.5. The van der Waals surface area contributed by atoms with E-state index in [1.165, 1.54) is 0 Å². The van der Waals surface area contributed by atoms with Crippen LogP contribution in [0.3, 0.4) is 0 Å². The molecule has 12 nitrogen and oxygen atoms in total. The van der Waals surface area contributed by atoms with E-state index in [2.05, 4.69) is 0 Å². The Kier molecular flexibility index (Phi) is 9.28. The monoisotopic (exact) mass is 642 g/mol. The van der Waals surface area contributed by atoms with Gasteiger partial charge >= 0.3 is 0 Å². The van der Waals surface area contributed by atoms with Crippen molar-refractivity contribution in [1.82, 2.24) is 0 Å². The van der Waals surface area contributed by atoms with Crippen molar-refractivity contribution in [2.45, 2.75) is 152 Å². The maximum Gasteiger partial charge on any atom is 0.187 e. The fraction of sp³-hybridized carbons (Fsp3) is 0.909. The van der Waals surface area contributed by atoms with Gasteiger partial charge in [-0.25, -0.2) is 0 Å². The van der Waals surface area contributed by atoms with Crippen molar-refractivity contribution >= 4 is 5.78 Å². The van der Waals surface area contributed by atoms with Crippen LogP contribution in [0.25, 0.3) is 0 Å². The first-order valence-electron chi connectivity index (χ1n) is 16.5. The molecule has 0 unspecified atom stereocenters. The first kappa shape index (κ1) is 35.3. The number of aliphatic hydroxyl groups is 9. The van der Waals surface area contributed by atoms with Gasteiger partial charge in [-0.2, -0.15) is 0 Å². The van der Waals surface area contributed by atoms with Gasteiger partial charge in [-0.3, -0.25) is 4.79 Å². The minimum Gasteiger partial charge on any atom is -0.394 e. The maximum atomic E-state index is 13.5. The largest absolute Gasteiger partial charge is 0.394 e. The number of aliphatic hydroxyl groups excluding tert-OH is 6. The van der Waals surface area contributed by atoms with E-state index in [4.69, 9.17) is 9.47 Å². The Balaban J connectivity index is 1.47. The van der Waals surface area contributed by atoms with Gasteiger partial charge in [0.15, 0.2) is 12.1 Å². The van der Waals surface area contributed by atoms with Gasteiger partial charge in [0.25, 0.3) is 0 Å². The Hall–Kier alpha value is -1.03. The van der Waals surface area contributed by atoms with Crippen molar-refractivity contribution in [1.29, 1.82) is 0 Å². The number of rotatable bonds is 8. The van der Waals surface area contributed by atoms with Crippen LogP contribution in [-0.2, 0) is 14.3 Å². The zero-order chi connectivity index (χ0) is 33.5. The Morgan fingerprint density at radius 2 is 1.64 bits per heavy atom. The SMILES string of the molecule is CC(C)(O)CC[C@@H](O[C@H]1O[C@H](CO)[C@H](O)[C@H](O)[C@H]1O)[C@](C)(O)[C@H]1CC[C@@]2(O)C3=CC(=O)[C@H]4C[C@@H](O)[C@H](O)C[C@]4(C)[C@H]3CC[C@]12C. The van der Waals surface area contributed by atoms with E-state index in [0.29, 0.717) is 24.8 Å². The Labute approximate surface area is 264 Å². The molecular formula is C33H54O12. The van der Waals surface area contributed by atoms with Gasteiger partial charge < -0.3 is 55.4 Å². The highest BCUT2D eigenvalue weighted by molar-refractivity contribution is 5.95. The smallest absolute Gasteiger partial charge is 0.187 e. The number of ether oxygens (including phenoxy) is 2. The molecule has 15 atom stereocenters. The molecule has 12 heteroatoms. The molecule has 45 heavy (non-hydrogen) atoms. The molecule has 258 valence electrons. The van der Waals surface area contributed by atoms with Crippen LogP contribution in [0.1, 0.15) is 86.0 Å². The molecule has 5 rings (SSSR count). The van der Waals surface area contributed by atoms with Crippen molar-refractivity contribution in [3.63, 3.8) is 0 Å². The van der Waals surface area contributed by atoms with Crippen molar-refractivity contribution in [2.75, 3.05) is 6.61 Å². The van der Waals surface area contributed by atoms with Gasteiger partial charge in [0, 0.05) is 11.3 Å². The standard InChI is InChI=1S/C33H54O12/c1-29(2,41)9-8-24(45-28-27(40)26(39)25(38)22(15-34)44-28)32(5,42)23-7-11-33(43)17-12-19(35)18-13-20(36)21(37)14-30(18,3)16(17)6-10-31(23,33)4/h12,16,18,20-28,34,36-43H,6-11,13-15H2,1-5H3/t16-,18+,20+,21+,22+,23-,24+,25-,26-,27+,28+,30+,31+,32+,33+/m0/s1. The third-order valence-electron chi connectivity index (χ3n) is 12.6. The topological polar surface area (TPSA) is 218 Å². The predicted octanol–water partition coefficient (Wildman–Crippen LogP) is -0.322. The second kappa shape index (κ2) is 11.8. The van der Waals surface area contributed by atoms with Crippen LogP contribution >= 0.6 is 0 Å². The lowest BCUT2D eigenvalue weighted by atomic mass is 9.45. The van der Waals surface area contributed by atoms with Crippen molar-refractivity contribution < 1.29 is 60.2 Å². The average Bonchev–Trinajstić information content (AvgIpc) is 3.23. The normalized spacial score (nSPS) is 48.9. The van der Waals surface area contributed by atoms with E-state index >= 15 is 0 Å². The van der Waals surface area contributed by atoms with E-state index < -0.39 is 95.1 Å². The lowest BCUT2D eigenvalue weighted by Crippen LogP contribution is -2.64. The first-order chi connectivity index (χ1) is 20.7. The number of ketones is 1. The number of carbonyl (C=O) groups excluding carboxylic acids is 1. The van der Waals surface area contributed by atoms with Gasteiger partial charge in [0.1, 0.15) is 24.4 Å². The van der Waals surface area contributed by atoms with Crippen LogP contribution in [0.15, 0.2) is 11.6 Å². The van der Waals surface area contributed by atoms with Gasteiger partial charge in [0.2, 0.25) is 0 Å². The molecule has 1 saturated heterocycles. The molecule has 9 N–H and O–H groups in total. The van der Waals surface area contributed by atoms with E-state index in [9.17, 15) is 50.8 Å². The summed E-state index contributed by atoms with van der Waals surface area (Å²) < 4.78 is 11.8. The molecule has 0 bridgehead atoms. The molecular weight excluding hydrogens is 588 g/mol. The summed E-state index contributed by atoms with van der Waals surface area (Å²) in [6.07, 6.45) is -6.69. The van der Waals surface area contributed by atoms with Gasteiger partial charge in [-0.05, 0) is 101 Å². The second-order valence-electron chi connectivity index (χ2n) is 16.0. The van der Waals surface area contributed by atoms with Crippen molar-refractivity contribution in [2.24, 2.45) is 28.6 Å². The molecule has 0 spiro atoms. The molecule has 0 aromatic carbocycles. The van der Waals surface area contributed by atoms with E-state index in [0.717, 1.165) is 0 Å². The molecule has 1 aliphatic heterocycles. The summed E-state index contributed by atoms with van der Waals surface area (Å²) in [5.74, 6) is -1.40. The minimum atomic E-state index is -1.69. The summed E-state index contributed by atoms with van der Waals surface area (Å²) in [6.45, 7) is 8.06. The summed E-state index contributed by atoms with van der Waals surface area (Å²) in [5, 5.41) is 97.6. The van der Waals surface area contributed by atoms with Crippen LogP contribution in [0.4, 0.5) is 0 Å². The Bertz CT molecular complexity index is 1150. The molecule has 4 aliphatic carbocycles. The number of carbonyl (C=O) groups is 1. The van der Waals surface area contributed by atoms with Crippen LogP contribution < -0.4 is 0 Å². The lowest BCUT2D eigenvalue weighted by Gasteiger charge is -2.61. The Morgan fingerprint density at radius 3 is 2.27 bits per heavy atom. The van der Waals surface area contributed by atoms with Crippen molar-refractivity contribution in [3.8, 4) is 0 Å². The quantitative estimate of drug-likeness (QED) is 0.166. The highest BCUT2D eigenvalue weighted by Gasteiger charge is 2.69. The molecule has 1 heterocycles. The van der Waals surface area contributed by atoms with E-state index in [-0.39, 0.29) is 43.8 Å². The van der Waals surface area contributed by atoms with Gasteiger partial charge in [0.05, 0.1) is 41.7 Å². The molecule has 4 fully saturated rings. The fourth-order valence-electron chi connectivity index (χ4n) is 9.86. The molecule has 0 radical (unpaired) electrons. The minimum absolute atomic E-state index is 0.111. The van der Waals surface area contributed by atoms with Crippen LogP contribution in [0.5, 0.6) is 0 Å². The summed E-state index contributed by atoms with van der Waals surface area (Å²) in [7, 11) is 0. The summed E-state index contributed by atoms with van der Waals surface area (Å²) >= 11 is 0. The number of hydrogen-bond donors (Lipinski definition) is 9. The van der Waals surface area contributed by atoms with E-state index in [1.807, 2.05) is 13.8 Å². The van der Waals surface area contributed by atoms with Crippen LogP contribution in [0.2, 0.25) is 0 Å². The Morgan fingerprint density at radius 1 is 0.978 bits per heavy atom. The third-order valence-corrected chi connectivity index (χ3v) is 12.6. The molecule has 0 amide bonds. The summed E-state index contributed by atoms with van der Waals surface area (Å²) in [4.78, 5) is 13.5. The second-order valence-corrected chi connectivity index (χ2v) is 16.0.